The number of primary amides is 1. The fraction of sp³-hybridized carbons (Fsp3) is 0.440. The van der Waals surface area contributed by atoms with Crippen LogP contribution in [0.15, 0.2) is 18.2 Å². The van der Waals surface area contributed by atoms with Crippen LogP contribution < -0.4 is 20.1 Å². The summed E-state index contributed by atoms with van der Waals surface area (Å²) >= 11 is 0. The largest absolute Gasteiger partial charge is 0.497 e. The monoisotopic (exact) mass is 513 g/mol. The predicted molar refractivity (Wildman–Crippen MR) is 134 cm³/mol. The van der Waals surface area contributed by atoms with Crippen LogP contribution in [0, 0.1) is 11.8 Å². The molecule has 3 amide bonds. The number of benzene rings is 1. The van der Waals surface area contributed by atoms with Gasteiger partial charge in [-0.2, -0.15) is 5.10 Å². The minimum absolute atomic E-state index is 0.0356. The number of rotatable bonds is 5. The van der Waals surface area contributed by atoms with Crippen molar-refractivity contribution in [2.45, 2.75) is 38.8 Å². The Morgan fingerprint density at radius 3 is 2.24 bits per heavy atom. The third-order valence-electron chi connectivity index (χ3n) is 5.57. The van der Waals surface area contributed by atoms with Crippen molar-refractivity contribution in [1.82, 2.24) is 14.7 Å². The summed E-state index contributed by atoms with van der Waals surface area (Å²) in [7, 11) is 4.46. The molecule has 3 N–H and O–H groups in total. The number of nitrogens with zero attached hydrogens (tertiary/aromatic N) is 4. The first-order valence-electron chi connectivity index (χ1n) is 11.5. The summed E-state index contributed by atoms with van der Waals surface area (Å²) in [5.41, 5.74) is 5.43. The predicted octanol–water partition coefficient (Wildman–Crippen LogP) is 2.70. The van der Waals surface area contributed by atoms with E-state index in [4.69, 9.17) is 19.9 Å². The number of aromatic nitrogens is 2. The SMILES string of the molecule is COc1cc(C#Cc2nn(C3CCN(C(=O)O)C3)c(N(C)C(=O)OC(C)(C)C)c2C(N)=O)cc(OC)c1. The van der Waals surface area contributed by atoms with Crippen LogP contribution in [0.25, 0.3) is 0 Å². The number of carboxylic acid groups (broad SMARTS) is 1. The van der Waals surface area contributed by atoms with Gasteiger partial charge in [0.25, 0.3) is 5.91 Å². The number of hydrogen-bond donors (Lipinski definition) is 2. The Bertz CT molecular complexity index is 1250. The van der Waals surface area contributed by atoms with Crippen molar-refractivity contribution < 1.29 is 33.7 Å². The van der Waals surface area contributed by atoms with Gasteiger partial charge in [0.2, 0.25) is 0 Å². The lowest BCUT2D eigenvalue weighted by Gasteiger charge is -2.26. The van der Waals surface area contributed by atoms with Gasteiger partial charge >= 0.3 is 12.2 Å². The molecule has 0 radical (unpaired) electrons. The van der Waals surface area contributed by atoms with Crippen LogP contribution in [-0.2, 0) is 4.74 Å². The Hall–Kier alpha value is -4.40. The summed E-state index contributed by atoms with van der Waals surface area (Å²) in [5, 5.41) is 13.9. The summed E-state index contributed by atoms with van der Waals surface area (Å²) in [6, 6.07) is 4.61. The summed E-state index contributed by atoms with van der Waals surface area (Å²) in [6.07, 6.45) is -1.39. The molecular formula is C25H31N5O7. The molecule has 1 fully saturated rings. The van der Waals surface area contributed by atoms with Gasteiger partial charge in [-0.05, 0) is 45.2 Å². The van der Waals surface area contributed by atoms with E-state index in [1.807, 2.05) is 0 Å². The van der Waals surface area contributed by atoms with E-state index in [0.717, 1.165) is 4.90 Å². The van der Waals surface area contributed by atoms with Crippen LogP contribution in [0.5, 0.6) is 11.5 Å². The van der Waals surface area contributed by atoms with Crippen molar-refractivity contribution in [3.05, 3.63) is 35.0 Å². The number of carbonyl (C=O) groups is 3. The van der Waals surface area contributed by atoms with Gasteiger partial charge in [0.05, 0.1) is 20.3 Å². The van der Waals surface area contributed by atoms with Gasteiger partial charge < -0.3 is 30.0 Å². The zero-order valence-electron chi connectivity index (χ0n) is 21.7. The smallest absolute Gasteiger partial charge is 0.415 e. The molecule has 0 bridgehead atoms. The van der Waals surface area contributed by atoms with E-state index in [1.54, 1.807) is 39.0 Å². The zero-order chi connectivity index (χ0) is 27.5. The van der Waals surface area contributed by atoms with Gasteiger partial charge in [0, 0.05) is 31.8 Å². The van der Waals surface area contributed by atoms with Crippen LogP contribution in [-0.4, -0.2) is 77.8 Å². The molecule has 2 heterocycles. The minimum Gasteiger partial charge on any atom is -0.497 e. The molecule has 12 nitrogen and oxygen atoms in total. The summed E-state index contributed by atoms with van der Waals surface area (Å²) in [4.78, 5) is 39.5. The summed E-state index contributed by atoms with van der Waals surface area (Å²) in [6.45, 7) is 5.53. The molecule has 1 atom stereocenters. The van der Waals surface area contributed by atoms with Crippen molar-refractivity contribution in [1.29, 1.82) is 0 Å². The van der Waals surface area contributed by atoms with Crippen LogP contribution in [0.1, 0.15) is 54.8 Å². The van der Waals surface area contributed by atoms with Gasteiger partial charge in [0.15, 0.2) is 11.5 Å². The van der Waals surface area contributed by atoms with E-state index in [1.165, 1.54) is 30.8 Å². The molecule has 0 spiro atoms. The Morgan fingerprint density at radius 1 is 1.14 bits per heavy atom. The first-order valence-corrected chi connectivity index (χ1v) is 11.5. The lowest BCUT2D eigenvalue weighted by molar-refractivity contribution is 0.0586. The fourth-order valence-corrected chi connectivity index (χ4v) is 3.86. The highest BCUT2D eigenvalue weighted by Gasteiger charge is 2.35. The molecule has 198 valence electrons. The van der Waals surface area contributed by atoms with Gasteiger partial charge in [-0.1, -0.05) is 5.92 Å². The molecule has 1 saturated heterocycles. The Balaban J connectivity index is 2.15. The van der Waals surface area contributed by atoms with Crippen molar-refractivity contribution >= 4 is 23.9 Å². The maximum atomic E-state index is 12.9. The molecule has 0 aliphatic carbocycles. The maximum absolute atomic E-state index is 12.9. The van der Waals surface area contributed by atoms with Crippen molar-refractivity contribution in [3.63, 3.8) is 0 Å². The standard InChI is InChI=1S/C25H31N5O7/c1-25(2,3)37-24(34)28(4)22-20(21(26)31)19(27-30(22)16-9-10-29(14-16)23(32)33)8-7-15-11-17(35-5)13-18(12-15)36-6/h11-13,16H,9-10,14H2,1-6H3,(H2,26,31)(H,32,33). The molecule has 1 aliphatic heterocycles. The molecule has 1 aromatic carbocycles. The average molecular weight is 514 g/mol. The number of amides is 3. The second-order valence-electron chi connectivity index (χ2n) is 9.42. The summed E-state index contributed by atoms with van der Waals surface area (Å²) < 4.78 is 17.5. The summed E-state index contributed by atoms with van der Waals surface area (Å²) in [5.74, 6) is 6.08. The number of ether oxygens (including phenoxy) is 3. The highest BCUT2D eigenvalue weighted by Crippen LogP contribution is 2.32. The van der Waals surface area contributed by atoms with Crippen LogP contribution in [0.3, 0.4) is 0 Å². The first-order chi connectivity index (χ1) is 17.3. The first kappa shape index (κ1) is 27.2. The zero-order valence-corrected chi connectivity index (χ0v) is 21.7. The highest BCUT2D eigenvalue weighted by atomic mass is 16.6. The topological polar surface area (TPSA) is 149 Å². The normalized spacial score (nSPS) is 15.0. The quantitative estimate of drug-likeness (QED) is 0.580. The van der Waals surface area contributed by atoms with Crippen LogP contribution >= 0.6 is 0 Å². The third kappa shape index (κ3) is 6.24. The molecule has 3 rings (SSSR count). The number of anilines is 1. The van der Waals surface area contributed by atoms with Gasteiger partial charge in [-0.3, -0.25) is 9.69 Å². The molecule has 0 saturated carbocycles. The molecule has 1 aromatic heterocycles. The molecule has 2 aromatic rings. The van der Waals surface area contributed by atoms with E-state index in [2.05, 4.69) is 16.9 Å². The van der Waals surface area contributed by atoms with E-state index in [9.17, 15) is 19.5 Å². The number of carbonyl (C=O) groups excluding carboxylic acids is 2. The molecule has 1 unspecified atom stereocenters. The number of nitrogens with two attached hydrogens (primary N) is 1. The van der Waals surface area contributed by atoms with Crippen LogP contribution in [0.4, 0.5) is 15.4 Å². The van der Waals surface area contributed by atoms with Crippen molar-refractivity contribution in [3.8, 4) is 23.3 Å². The lowest BCUT2D eigenvalue weighted by atomic mass is 10.1. The van der Waals surface area contributed by atoms with E-state index in [-0.39, 0.29) is 30.2 Å². The number of methoxy groups -OCH3 is 2. The van der Waals surface area contributed by atoms with E-state index in [0.29, 0.717) is 23.5 Å². The van der Waals surface area contributed by atoms with E-state index < -0.39 is 29.7 Å². The molecule has 37 heavy (non-hydrogen) atoms. The molecule has 1 aliphatic rings. The van der Waals surface area contributed by atoms with Gasteiger partial charge in [-0.15, -0.1) is 0 Å². The third-order valence-corrected chi connectivity index (χ3v) is 5.57. The second-order valence-corrected chi connectivity index (χ2v) is 9.42. The Kier molecular flexibility index (Phi) is 7.86. The van der Waals surface area contributed by atoms with E-state index >= 15 is 0 Å². The van der Waals surface area contributed by atoms with Crippen molar-refractivity contribution in [2.75, 3.05) is 39.3 Å². The minimum atomic E-state index is -1.07. The lowest BCUT2D eigenvalue weighted by Crippen LogP contribution is -2.37. The Morgan fingerprint density at radius 2 is 1.76 bits per heavy atom. The molecular weight excluding hydrogens is 482 g/mol. The highest BCUT2D eigenvalue weighted by molar-refractivity contribution is 6.03. The van der Waals surface area contributed by atoms with Gasteiger partial charge in [-0.25, -0.2) is 14.3 Å². The number of likely N-dealkylation sites (tertiary alicyclic amines) is 1. The Labute approximate surface area is 214 Å². The fourth-order valence-electron chi connectivity index (χ4n) is 3.86. The number of hydrogen-bond acceptors (Lipinski definition) is 7. The second kappa shape index (κ2) is 10.7. The average Bonchev–Trinajstić information content (AvgIpc) is 3.46. The van der Waals surface area contributed by atoms with Gasteiger partial charge in [0.1, 0.15) is 22.7 Å². The molecule has 12 heteroatoms. The maximum Gasteiger partial charge on any atom is 0.415 e. The van der Waals surface area contributed by atoms with Crippen LogP contribution in [0.2, 0.25) is 0 Å². The van der Waals surface area contributed by atoms with Crippen molar-refractivity contribution in [2.24, 2.45) is 5.73 Å².